The number of benzene rings is 1. The summed E-state index contributed by atoms with van der Waals surface area (Å²) in [6, 6.07) is 5.65. The molecule has 0 bridgehead atoms. The summed E-state index contributed by atoms with van der Waals surface area (Å²) >= 11 is 1.42. The molecule has 0 atom stereocenters. The van der Waals surface area contributed by atoms with Crippen molar-refractivity contribution in [2.24, 2.45) is 5.10 Å². The molecular formula is C19H27N3O4S. The molecule has 1 aliphatic rings. The van der Waals surface area contributed by atoms with Crippen molar-refractivity contribution in [1.82, 2.24) is 4.90 Å². The number of carbonyl (C=O) groups excluding carboxylic acids is 2. The Morgan fingerprint density at radius 3 is 2.63 bits per heavy atom. The van der Waals surface area contributed by atoms with Crippen LogP contribution in [0.5, 0.6) is 0 Å². The average Bonchev–Trinajstić information content (AvgIpc) is 3.02. The molecule has 1 aliphatic heterocycles. The van der Waals surface area contributed by atoms with E-state index in [9.17, 15) is 9.59 Å². The third-order valence-corrected chi connectivity index (χ3v) is 4.85. The molecule has 0 aromatic heterocycles. The number of rotatable bonds is 4. The molecule has 1 fully saturated rings. The van der Waals surface area contributed by atoms with E-state index in [1.54, 1.807) is 20.8 Å². The first-order chi connectivity index (χ1) is 12.6. The third kappa shape index (κ3) is 5.46. The normalized spacial score (nSPS) is 15.9. The van der Waals surface area contributed by atoms with E-state index in [4.69, 9.17) is 9.47 Å². The molecule has 8 heteroatoms. The monoisotopic (exact) mass is 393 g/mol. The van der Waals surface area contributed by atoms with Gasteiger partial charge in [-0.3, -0.25) is 9.69 Å². The van der Waals surface area contributed by atoms with Crippen molar-refractivity contribution in [2.45, 2.75) is 40.2 Å². The van der Waals surface area contributed by atoms with Crippen LogP contribution >= 0.6 is 11.8 Å². The van der Waals surface area contributed by atoms with Crippen molar-refractivity contribution in [1.29, 1.82) is 0 Å². The number of nitrogens with zero attached hydrogens (tertiary/aromatic N) is 3. The van der Waals surface area contributed by atoms with Crippen molar-refractivity contribution in [3.8, 4) is 0 Å². The maximum atomic E-state index is 12.9. The van der Waals surface area contributed by atoms with Crippen LogP contribution in [0.4, 0.5) is 10.5 Å². The van der Waals surface area contributed by atoms with Crippen LogP contribution in [0, 0.1) is 13.8 Å². The fraction of sp³-hybridized carbons (Fsp3) is 0.526. The second-order valence-corrected chi connectivity index (χ2v) is 8.28. The van der Waals surface area contributed by atoms with Crippen molar-refractivity contribution in [2.75, 3.05) is 31.0 Å². The highest BCUT2D eigenvalue weighted by atomic mass is 32.2. The Hall–Kier alpha value is -2.06. The highest BCUT2D eigenvalue weighted by Gasteiger charge is 2.30. The van der Waals surface area contributed by atoms with Gasteiger partial charge in [0, 0.05) is 19.4 Å². The fourth-order valence-electron chi connectivity index (χ4n) is 2.47. The molecule has 1 aromatic rings. The molecule has 1 heterocycles. The lowest BCUT2D eigenvalue weighted by molar-refractivity contribution is -0.130. The summed E-state index contributed by atoms with van der Waals surface area (Å²) < 4.78 is 10.5. The second-order valence-electron chi connectivity index (χ2n) is 7.22. The first-order valence-electron chi connectivity index (χ1n) is 8.74. The first kappa shape index (κ1) is 21.2. The lowest BCUT2D eigenvalue weighted by Crippen LogP contribution is -2.38. The van der Waals surface area contributed by atoms with Gasteiger partial charge in [-0.15, -0.1) is 5.10 Å². The molecule has 2 amide bonds. The number of aryl methyl sites for hydroxylation is 1. The smallest absolute Gasteiger partial charge is 0.435 e. The minimum Gasteiger partial charge on any atom is -0.442 e. The maximum absolute atomic E-state index is 12.9. The largest absolute Gasteiger partial charge is 0.442 e. The molecule has 0 unspecified atom stereocenters. The van der Waals surface area contributed by atoms with Crippen molar-refractivity contribution in [3.05, 3.63) is 29.3 Å². The highest BCUT2D eigenvalue weighted by molar-refractivity contribution is 8.14. The van der Waals surface area contributed by atoms with E-state index in [-0.39, 0.29) is 12.5 Å². The quantitative estimate of drug-likeness (QED) is 0.732. The molecule has 1 aromatic carbocycles. The summed E-state index contributed by atoms with van der Waals surface area (Å²) in [4.78, 5) is 26.7. The molecule has 0 radical (unpaired) electrons. The molecule has 2 rings (SSSR count). The van der Waals surface area contributed by atoms with Gasteiger partial charge in [0.25, 0.3) is 5.91 Å². The highest BCUT2D eigenvalue weighted by Crippen LogP contribution is 2.27. The molecule has 0 spiro atoms. The number of carbonyl (C=O) groups is 2. The third-order valence-electron chi connectivity index (χ3n) is 3.90. The van der Waals surface area contributed by atoms with Gasteiger partial charge in [0.05, 0.1) is 5.69 Å². The zero-order valence-electron chi connectivity index (χ0n) is 16.7. The van der Waals surface area contributed by atoms with Gasteiger partial charge >= 0.3 is 6.09 Å². The van der Waals surface area contributed by atoms with Crippen LogP contribution in [-0.2, 0) is 14.3 Å². The summed E-state index contributed by atoms with van der Waals surface area (Å²) in [5, 5.41) is 6.21. The predicted molar refractivity (Wildman–Crippen MR) is 108 cm³/mol. The lowest BCUT2D eigenvalue weighted by atomic mass is 10.1. The molecule has 0 saturated carbocycles. The van der Waals surface area contributed by atoms with Crippen LogP contribution in [0.1, 0.15) is 31.9 Å². The molecule has 27 heavy (non-hydrogen) atoms. The summed E-state index contributed by atoms with van der Waals surface area (Å²) in [7, 11) is 1.47. The Kier molecular flexibility index (Phi) is 6.89. The van der Waals surface area contributed by atoms with Crippen LogP contribution in [0.3, 0.4) is 0 Å². The number of amidine groups is 1. The SMILES string of the molecule is COCC(=O)N1CCS/C1=N/N(C(=O)OC(C)(C)C)c1cccc(C)c1C. The molecule has 0 N–H and O–H groups in total. The molecule has 1 saturated heterocycles. The summed E-state index contributed by atoms with van der Waals surface area (Å²) in [6.45, 7) is 9.81. The number of hydrazone groups is 1. The Labute approximate surface area is 164 Å². The average molecular weight is 394 g/mol. The first-order valence-corrected chi connectivity index (χ1v) is 9.72. The van der Waals surface area contributed by atoms with Gasteiger partial charge < -0.3 is 9.47 Å². The number of methoxy groups -OCH3 is 1. The standard InChI is InChI=1S/C19H27N3O4S/c1-13-8-7-9-15(14(13)2)22(18(24)26-19(3,4)5)20-17-21(10-11-27-17)16(23)12-25-6/h7-9H,10-12H2,1-6H3/b20-17+. The van der Waals surface area contributed by atoms with Crippen molar-refractivity contribution >= 4 is 34.6 Å². The number of hydrogen-bond acceptors (Lipinski definition) is 6. The van der Waals surface area contributed by atoms with Gasteiger partial charge in [0.2, 0.25) is 0 Å². The van der Waals surface area contributed by atoms with Crippen LogP contribution < -0.4 is 5.01 Å². The Bertz CT molecular complexity index is 743. The second kappa shape index (κ2) is 8.75. The Balaban J connectivity index is 2.44. The van der Waals surface area contributed by atoms with Gasteiger partial charge in [-0.1, -0.05) is 23.9 Å². The van der Waals surface area contributed by atoms with E-state index in [1.165, 1.54) is 28.8 Å². The van der Waals surface area contributed by atoms with Gasteiger partial charge in [-0.05, 0) is 51.8 Å². The Morgan fingerprint density at radius 1 is 1.30 bits per heavy atom. The summed E-state index contributed by atoms with van der Waals surface area (Å²) in [5.74, 6) is 0.523. The number of ether oxygens (including phenoxy) is 2. The molecular weight excluding hydrogens is 366 g/mol. The van der Waals surface area contributed by atoms with E-state index in [2.05, 4.69) is 5.10 Å². The van der Waals surface area contributed by atoms with Crippen LogP contribution in [0.15, 0.2) is 23.3 Å². The lowest BCUT2D eigenvalue weighted by Gasteiger charge is -2.26. The van der Waals surface area contributed by atoms with Crippen molar-refractivity contribution < 1.29 is 19.1 Å². The summed E-state index contributed by atoms with van der Waals surface area (Å²) in [5.41, 5.74) is 1.92. The molecule has 0 aliphatic carbocycles. The minimum atomic E-state index is -0.665. The van der Waals surface area contributed by atoms with Gasteiger partial charge in [0.15, 0.2) is 5.17 Å². The van der Waals surface area contributed by atoms with Crippen LogP contribution in [-0.4, -0.2) is 53.7 Å². The van der Waals surface area contributed by atoms with Gasteiger partial charge in [-0.25, -0.2) is 4.79 Å². The van der Waals surface area contributed by atoms with E-state index in [0.717, 1.165) is 11.1 Å². The molecule has 7 nitrogen and oxygen atoms in total. The van der Waals surface area contributed by atoms with Crippen LogP contribution in [0.2, 0.25) is 0 Å². The molecule has 148 valence electrons. The zero-order chi connectivity index (χ0) is 20.2. The zero-order valence-corrected chi connectivity index (χ0v) is 17.6. The van der Waals surface area contributed by atoms with E-state index in [0.29, 0.717) is 23.2 Å². The van der Waals surface area contributed by atoms with Gasteiger partial charge in [0.1, 0.15) is 12.2 Å². The van der Waals surface area contributed by atoms with Crippen molar-refractivity contribution in [3.63, 3.8) is 0 Å². The number of thioether (sulfide) groups is 1. The minimum absolute atomic E-state index is 0.0323. The van der Waals surface area contributed by atoms with E-state index in [1.807, 2.05) is 32.0 Å². The van der Waals surface area contributed by atoms with Crippen LogP contribution in [0.25, 0.3) is 0 Å². The van der Waals surface area contributed by atoms with E-state index >= 15 is 0 Å². The fourth-order valence-corrected chi connectivity index (χ4v) is 3.41. The predicted octanol–water partition coefficient (Wildman–Crippen LogP) is 3.54. The number of amides is 2. The van der Waals surface area contributed by atoms with E-state index < -0.39 is 11.7 Å². The Morgan fingerprint density at radius 2 is 2.00 bits per heavy atom. The maximum Gasteiger partial charge on any atom is 0.435 e. The van der Waals surface area contributed by atoms with Gasteiger partial charge in [-0.2, -0.15) is 5.01 Å². The summed E-state index contributed by atoms with van der Waals surface area (Å²) in [6.07, 6.45) is -0.588. The number of hydrogen-bond donors (Lipinski definition) is 0. The topological polar surface area (TPSA) is 71.4 Å². The number of anilines is 1.